The summed E-state index contributed by atoms with van der Waals surface area (Å²) in [6, 6.07) is 20.5. The van der Waals surface area contributed by atoms with Crippen molar-refractivity contribution in [2.24, 2.45) is 0 Å². The second kappa shape index (κ2) is 7.57. The maximum Gasteiger partial charge on any atom is 0.255 e. The molecule has 0 radical (unpaired) electrons. The summed E-state index contributed by atoms with van der Waals surface area (Å²) < 4.78 is 32.7. The van der Waals surface area contributed by atoms with Crippen LogP contribution in [0.3, 0.4) is 0 Å². The lowest BCUT2D eigenvalue weighted by molar-refractivity contribution is 0.102. The number of rotatable bonds is 4. The van der Waals surface area contributed by atoms with Crippen molar-refractivity contribution in [3.05, 3.63) is 83.9 Å². The van der Waals surface area contributed by atoms with E-state index in [4.69, 9.17) is 4.74 Å². The van der Waals surface area contributed by atoms with E-state index < -0.39 is 16.2 Å². The highest BCUT2D eigenvalue weighted by molar-refractivity contribution is 7.89. The molecule has 7 nitrogen and oxygen atoms in total. The van der Waals surface area contributed by atoms with Gasteiger partial charge in [-0.05, 0) is 42.0 Å². The largest absolute Gasteiger partial charge is 0.497 e. The standard InChI is InChI=1S/C21H19N3O4S/c1-28-17-6-4-5-16(13-17)22-21(25)15-11-9-14(10-12-15)20-23-18-7-2-3-8-19(18)29(26,27)24-20/h2-13,20,23-24H,1H3,(H,22,25). The average Bonchev–Trinajstić information content (AvgIpc) is 2.73. The highest BCUT2D eigenvalue weighted by Gasteiger charge is 2.29. The number of nitrogens with one attached hydrogen (secondary N) is 3. The topological polar surface area (TPSA) is 96.5 Å². The lowest BCUT2D eigenvalue weighted by atomic mass is 10.1. The van der Waals surface area contributed by atoms with Gasteiger partial charge in [0.15, 0.2) is 0 Å². The molecule has 148 valence electrons. The molecule has 1 unspecified atom stereocenters. The van der Waals surface area contributed by atoms with Crippen molar-refractivity contribution in [1.29, 1.82) is 0 Å². The normalized spacial score (nSPS) is 16.9. The maximum atomic E-state index is 12.5. The minimum Gasteiger partial charge on any atom is -0.497 e. The number of fused-ring (bicyclic) bond motifs is 1. The zero-order valence-corrected chi connectivity index (χ0v) is 16.4. The van der Waals surface area contributed by atoms with Crippen molar-refractivity contribution in [2.75, 3.05) is 17.7 Å². The highest BCUT2D eigenvalue weighted by atomic mass is 32.2. The summed E-state index contributed by atoms with van der Waals surface area (Å²) in [6.07, 6.45) is -0.620. The molecule has 3 aromatic carbocycles. The van der Waals surface area contributed by atoms with Gasteiger partial charge in [0.1, 0.15) is 16.8 Å². The Balaban J connectivity index is 1.51. The van der Waals surface area contributed by atoms with E-state index in [1.807, 2.05) is 0 Å². The van der Waals surface area contributed by atoms with Crippen LogP contribution in [0.1, 0.15) is 22.1 Å². The first kappa shape index (κ1) is 19.0. The van der Waals surface area contributed by atoms with E-state index in [2.05, 4.69) is 15.4 Å². The summed E-state index contributed by atoms with van der Waals surface area (Å²) in [4.78, 5) is 12.7. The Labute approximate surface area is 168 Å². The predicted molar refractivity (Wildman–Crippen MR) is 111 cm³/mol. The molecule has 0 saturated heterocycles. The lowest BCUT2D eigenvalue weighted by Gasteiger charge is -2.28. The SMILES string of the molecule is COc1cccc(NC(=O)c2ccc(C3Nc4ccccc4S(=O)(=O)N3)cc2)c1. The molecular formula is C21H19N3O4S. The number of amides is 1. The van der Waals surface area contributed by atoms with Crippen LogP contribution in [0.25, 0.3) is 0 Å². The van der Waals surface area contributed by atoms with Crippen molar-refractivity contribution in [3.8, 4) is 5.75 Å². The lowest BCUT2D eigenvalue weighted by Crippen LogP contribution is -2.38. The van der Waals surface area contributed by atoms with Gasteiger partial charge >= 0.3 is 0 Å². The third-order valence-electron chi connectivity index (χ3n) is 4.58. The number of para-hydroxylation sites is 1. The van der Waals surface area contributed by atoms with Crippen LogP contribution in [0.2, 0.25) is 0 Å². The molecule has 1 atom stereocenters. The van der Waals surface area contributed by atoms with Crippen molar-refractivity contribution >= 4 is 27.3 Å². The van der Waals surface area contributed by atoms with Gasteiger partial charge in [0.25, 0.3) is 5.91 Å². The van der Waals surface area contributed by atoms with E-state index >= 15 is 0 Å². The van der Waals surface area contributed by atoms with Gasteiger partial charge in [-0.15, -0.1) is 0 Å². The Hall–Kier alpha value is -3.36. The monoisotopic (exact) mass is 409 g/mol. The molecular weight excluding hydrogens is 390 g/mol. The Morgan fingerprint density at radius 1 is 1.00 bits per heavy atom. The summed E-state index contributed by atoms with van der Waals surface area (Å²) in [6.45, 7) is 0. The van der Waals surface area contributed by atoms with Crippen LogP contribution in [-0.2, 0) is 10.0 Å². The number of hydrogen-bond acceptors (Lipinski definition) is 5. The van der Waals surface area contributed by atoms with Gasteiger partial charge in [0.2, 0.25) is 10.0 Å². The molecule has 0 bridgehead atoms. The Bertz CT molecular complexity index is 1160. The van der Waals surface area contributed by atoms with E-state index in [1.165, 1.54) is 0 Å². The first-order valence-electron chi connectivity index (χ1n) is 8.89. The number of sulfonamides is 1. The van der Waals surface area contributed by atoms with Crippen LogP contribution in [0.5, 0.6) is 5.75 Å². The number of benzene rings is 3. The first-order valence-corrected chi connectivity index (χ1v) is 10.4. The van der Waals surface area contributed by atoms with E-state index in [-0.39, 0.29) is 10.8 Å². The van der Waals surface area contributed by atoms with Crippen LogP contribution in [0, 0.1) is 0 Å². The minimum atomic E-state index is -3.62. The number of hydrogen-bond donors (Lipinski definition) is 3. The molecule has 0 saturated carbocycles. The van der Waals surface area contributed by atoms with Gasteiger partial charge in [0.05, 0.1) is 12.8 Å². The molecule has 1 aliphatic heterocycles. The quantitative estimate of drug-likeness (QED) is 0.614. The molecule has 0 spiro atoms. The Kier molecular flexibility index (Phi) is 4.96. The van der Waals surface area contributed by atoms with Crippen LogP contribution in [-0.4, -0.2) is 21.4 Å². The smallest absolute Gasteiger partial charge is 0.255 e. The zero-order valence-electron chi connectivity index (χ0n) is 15.5. The Morgan fingerprint density at radius 2 is 1.76 bits per heavy atom. The van der Waals surface area contributed by atoms with Crippen molar-refractivity contribution in [2.45, 2.75) is 11.1 Å². The van der Waals surface area contributed by atoms with Crippen molar-refractivity contribution in [1.82, 2.24) is 4.72 Å². The fourth-order valence-electron chi connectivity index (χ4n) is 3.11. The van der Waals surface area contributed by atoms with E-state index in [0.717, 1.165) is 0 Å². The second-order valence-corrected chi connectivity index (χ2v) is 8.19. The summed E-state index contributed by atoms with van der Waals surface area (Å²) in [5.41, 5.74) is 2.31. The molecule has 1 heterocycles. The third kappa shape index (κ3) is 3.94. The van der Waals surface area contributed by atoms with Crippen LogP contribution >= 0.6 is 0 Å². The summed E-state index contributed by atoms with van der Waals surface area (Å²) in [5.74, 6) is 0.376. The minimum absolute atomic E-state index is 0.213. The van der Waals surface area contributed by atoms with Crippen LogP contribution in [0.4, 0.5) is 11.4 Å². The second-order valence-electron chi connectivity index (χ2n) is 6.50. The van der Waals surface area contributed by atoms with Gasteiger partial charge < -0.3 is 15.4 Å². The van der Waals surface area contributed by atoms with E-state index in [9.17, 15) is 13.2 Å². The molecule has 0 fully saturated rings. The number of ether oxygens (including phenoxy) is 1. The van der Waals surface area contributed by atoms with E-state index in [0.29, 0.717) is 28.3 Å². The number of methoxy groups -OCH3 is 1. The third-order valence-corrected chi connectivity index (χ3v) is 6.06. The van der Waals surface area contributed by atoms with Gasteiger partial charge in [-0.3, -0.25) is 4.79 Å². The molecule has 0 aromatic heterocycles. The molecule has 4 rings (SSSR count). The maximum absolute atomic E-state index is 12.5. The fourth-order valence-corrected chi connectivity index (χ4v) is 4.41. The summed E-state index contributed by atoms with van der Waals surface area (Å²) in [7, 11) is -2.06. The predicted octanol–water partition coefficient (Wildman–Crippen LogP) is 3.35. The molecule has 3 aromatic rings. The van der Waals surface area contributed by atoms with Crippen LogP contribution < -0.4 is 20.1 Å². The van der Waals surface area contributed by atoms with Gasteiger partial charge in [-0.1, -0.05) is 30.3 Å². The van der Waals surface area contributed by atoms with Gasteiger partial charge in [-0.25, -0.2) is 8.42 Å². The molecule has 0 aliphatic carbocycles. The summed E-state index contributed by atoms with van der Waals surface area (Å²) in [5, 5.41) is 5.98. The van der Waals surface area contributed by atoms with Crippen molar-refractivity contribution in [3.63, 3.8) is 0 Å². The van der Waals surface area contributed by atoms with Crippen molar-refractivity contribution < 1.29 is 17.9 Å². The molecule has 3 N–H and O–H groups in total. The molecule has 29 heavy (non-hydrogen) atoms. The van der Waals surface area contributed by atoms with E-state index in [1.54, 1.807) is 79.9 Å². The summed E-state index contributed by atoms with van der Waals surface area (Å²) >= 11 is 0. The first-order chi connectivity index (χ1) is 14.0. The van der Waals surface area contributed by atoms with Gasteiger partial charge in [0, 0.05) is 17.3 Å². The Morgan fingerprint density at radius 3 is 2.52 bits per heavy atom. The van der Waals surface area contributed by atoms with Crippen LogP contribution in [0.15, 0.2) is 77.7 Å². The average molecular weight is 409 g/mol. The number of anilines is 2. The molecule has 1 aliphatic rings. The highest BCUT2D eigenvalue weighted by Crippen LogP contribution is 2.30. The molecule has 1 amide bonds. The van der Waals surface area contributed by atoms with Gasteiger partial charge in [-0.2, -0.15) is 4.72 Å². The molecule has 8 heteroatoms. The number of carbonyl (C=O) groups is 1. The zero-order chi connectivity index (χ0) is 20.4. The number of carbonyl (C=O) groups excluding carboxylic acids is 1. The fraction of sp³-hybridized carbons (Fsp3) is 0.0952.